The maximum absolute atomic E-state index is 13.1. The lowest BCUT2D eigenvalue weighted by molar-refractivity contribution is -0.137. The molecule has 0 saturated heterocycles. The third-order valence-corrected chi connectivity index (χ3v) is 4.53. The van der Waals surface area contributed by atoms with Gasteiger partial charge in [0.1, 0.15) is 5.52 Å². The van der Waals surface area contributed by atoms with E-state index in [1.54, 1.807) is 31.4 Å². The zero-order valence-corrected chi connectivity index (χ0v) is 15.4. The standard InChI is InChI=1S/C20H15F3N4O2/c1-11(28)24-13-5-8-17-15(9-13)18-16(10-26(2)25-18)19(29)27(17)14-6-3-12(4-7-14)20(21,22)23/h3-10H,1-2H3,(H,24,28). The number of nitrogens with zero attached hydrogens (tertiary/aromatic N) is 3. The Hall–Kier alpha value is -3.62. The van der Waals surface area contributed by atoms with Crippen LogP contribution in [0, 0.1) is 0 Å². The Morgan fingerprint density at radius 2 is 1.76 bits per heavy atom. The maximum atomic E-state index is 13.1. The largest absolute Gasteiger partial charge is 0.416 e. The summed E-state index contributed by atoms with van der Waals surface area (Å²) in [4.78, 5) is 24.5. The van der Waals surface area contributed by atoms with Crippen molar-refractivity contribution >= 4 is 33.4 Å². The fourth-order valence-electron chi connectivity index (χ4n) is 3.33. The zero-order chi connectivity index (χ0) is 20.9. The van der Waals surface area contributed by atoms with Gasteiger partial charge in [-0.3, -0.25) is 18.8 Å². The third-order valence-electron chi connectivity index (χ3n) is 4.53. The van der Waals surface area contributed by atoms with E-state index in [2.05, 4.69) is 10.4 Å². The zero-order valence-electron chi connectivity index (χ0n) is 15.4. The van der Waals surface area contributed by atoms with Gasteiger partial charge < -0.3 is 5.32 Å². The van der Waals surface area contributed by atoms with Gasteiger partial charge in [-0.15, -0.1) is 0 Å². The molecule has 2 aromatic carbocycles. The van der Waals surface area contributed by atoms with Gasteiger partial charge in [0.2, 0.25) is 5.91 Å². The molecule has 2 heterocycles. The van der Waals surface area contributed by atoms with Crippen molar-refractivity contribution in [2.24, 2.45) is 7.05 Å². The minimum absolute atomic E-state index is 0.252. The van der Waals surface area contributed by atoms with Crippen molar-refractivity contribution in [2.75, 3.05) is 5.32 Å². The van der Waals surface area contributed by atoms with Crippen molar-refractivity contribution in [3.63, 3.8) is 0 Å². The van der Waals surface area contributed by atoms with Crippen molar-refractivity contribution in [1.29, 1.82) is 0 Å². The summed E-state index contributed by atoms with van der Waals surface area (Å²) in [5, 5.41) is 7.93. The van der Waals surface area contributed by atoms with Crippen LogP contribution in [0.15, 0.2) is 53.5 Å². The van der Waals surface area contributed by atoms with Crippen LogP contribution in [-0.4, -0.2) is 20.3 Å². The summed E-state index contributed by atoms with van der Waals surface area (Å²) >= 11 is 0. The molecule has 4 aromatic rings. The Bertz CT molecular complexity index is 1320. The first kappa shape index (κ1) is 18.7. The highest BCUT2D eigenvalue weighted by Gasteiger charge is 2.30. The van der Waals surface area contributed by atoms with E-state index in [0.29, 0.717) is 33.2 Å². The smallest absolute Gasteiger partial charge is 0.326 e. The molecule has 0 aliphatic heterocycles. The van der Waals surface area contributed by atoms with Crippen LogP contribution in [0.1, 0.15) is 12.5 Å². The molecule has 4 rings (SSSR count). The highest BCUT2D eigenvalue weighted by molar-refractivity contribution is 6.05. The lowest BCUT2D eigenvalue weighted by Gasteiger charge is -2.14. The van der Waals surface area contributed by atoms with E-state index >= 15 is 0 Å². The molecule has 0 bridgehead atoms. The summed E-state index contributed by atoms with van der Waals surface area (Å²) in [6.45, 7) is 1.38. The molecule has 0 unspecified atom stereocenters. The number of carbonyl (C=O) groups is 1. The van der Waals surface area contributed by atoms with E-state index in [4.69, 9.17) is 0 Å². The summed E-state index contributed by atoms with van der Waals surface area (Å²) < 4.78 is 41.5. The van der Waals surface area contributed by atoms with Crippen molar-refractivity contribution in [1.82, 2.24) is 14.3 Å². The highest BCUT2D eigenvalue weighted by atomic mass is 19.4. The quantitative estimate of drug-likeness (QED) is 0.556. The first-order chi connectivity index (χ1) is 13.6. The molecular weight excluding hydrogens is 385 g/mol. The lowest BCUT2D eigenvalue weighted by atomic mass is 10.1. The average Bonchev–Trinajstić information content (AvgIpc) is 3.04. The van der Waals surface area contributed by atoms with Gasteiger partial charge in [-0.25, -0.2) is 0 Å². The highest BCUT2D eigenvalue weighted by Crippen LogP contribution is 2.31. The number of carbonyl (C=O) groups excluding carboxylic acids is 1. The maximum Gasteiger partial charge on any atom is 0.416 e. The Balaban J connectivity index is 2.03. The average molecular weight is 400 g/mol. The number of benzene rings is 2. The molecule has 0 atom stereocenters. The minimum Gasteiger partial charge on any atom is -0.326 e. The Kier molecular flexibility index (Phi) is 4.18. The number of hydrogen-bond acceptors (Lipinski definition) is 3. The number of nitrogens with one attached hydrogen (secondary N) is 1. The Morgan fingerprint density at radius 3 is 2.38 bits per heavy atom. The predicted molar refractivity (Wildman–Crippen MR) is 103 cm³/mol. The van der Waals surface area contributed by atoms with Crippen molar-refractivity contribution < 1.29 is 18.0 Å². The van der Waals surface area contributed by atoms with Gasteiger partial charge in [-0.05, 0) is 42.5 Å². The molecule has 6 nitrogen and oxygen atoms in total. The van der Waals surface area contributed by atoms with Crippen LogP contribution in [0.2, 0.25) is 0 Å². The van der Waals surface area contributed by atoms with E-state index < -0.39 is 17.3 Å². The Morgan fingerprint density at radius 1 is 1.07 bits per heavy atom. The molecule has 0 fully saturated rings. The van der Waals surface area contributed by atoms with E-state index in [0.717, 1.165) is 12.1 Å². The monoisotopic (exact) mass is 400 g/mol. The van der Waals surface area contributed by atoms with Gasteiger partial charge in [-0.1, -0.05) is 0 Å². The van der Waals surface area contributed by atoms with Crippen LogP contribution in [0.25, 0.3) is 27.5 Å². The number of amides is 1. The number of anilines is 1. The third kappa shape index (κ3) is 3.24. The molecular formula is C20H15F3N4O2. The van der Waals surface area contributed by atoms with Crippen molar-refractivity contribution in [3.8, 4) is 5.69 Å². The SMILES string of the molecule is CC(=O)Nc1ccc2c(c1)c1nn(C)cc1c(=O)n2-c1ccc(C(F)(F)F)cc1. The first-order valence-corrected chi connectivity index (χ1v) is 8.62. The van der Waals surface area contributed by atoms with Crippen LogP contribution in [0.3, 0.4) is 0 Å². The fraction of sp³-hybridized carbons (Fsp3) is 0.150. The van der Waals surface area contributed by atoms with Crippen molar-refractivity contribution in [2.45, 2.75) is 13.1 Å². The number of alkyl halides is 3. The number of aromatic nitrogens is 3. The number of pyridine rings is 1. The molecule has 1 N–H and O–H groups in total. The lowest BCUT2D eigenvalue weighted by Crippen LogP contribution is -2.19. The molecule has 0 spiro atoms. The molecule has 0 aliphatic rings. The number of hydrogen-bond donors (Lipinski definition) is 1. The molecule has 1 amide bonds. The second kappa shape index (κ2) is 6.47. The number of aryl methyl sites for hydroxylation is 1. The summed E-state index contributed by atoms with van der Waals surface area (Å²) in [5.41, 5.74) is 0.542. The summed E-state index contributed by atoms with van der Waals surface area (Å²) in [7, 11) is 1.67. The van der Waals surface area contributed by atoms with Crippen molar-refractivity contribution in [3.05, 3.63) is 64.6 Å². The molecule has 2 aromatic heterocycles. The second-order valence-electron chi connectivity index (χ2n) is 6.66. The van der Waals surface area contributed by atoms with E-state index in [1.807, 2.05) is 0 Å². The molecule has 0 aliphatic carbocycles. The number of rotatable bonds is 2. The number of halogens is 3. The van der Waals surface area contributed by atoms with Gasteiger partial charge >= 0.3 is 6.18 Å². The van der Waals surface area contributed by atoms with Gasteiger partial charge in [0.15, 0.2) is 0 Å². The Labute approximate surface area is 162 Å². The van der Waals surface area contributed by atoms with Crippen LogP contribution >= 0.6 is 0 Å². The second-order valence-corrected chi connectivity index (χ2v) is 6.66. The molecule has 29 heavy (non-hydrogen) atoms. The first-order valence-electron chi connectivity index (χ1n) is 8.62. The van der Waals surface area contributed by atoms with Gasteiger partial charge in [0.25, 0.3) is 5.56 Å². The molecule has 9 heteroatoms. The van der Waals surface area contributed by atoms with E-state index in [-0.39, 0.29) is 5.91 Å². The molecule has 0 saturated carbocycles. The summed E-state index contributed by atoms with van der Waals surface area (Å²) in [5.74, 6) is -0.252. The molecule has 148 valence electrons. The summed E-state index contributed by atoms with van der Waals surface area (Å²) in [6.07, 6.45) is -2.91. The van der Waals surface area contributed by atoms with Gasteiger partial charge in [-0.2, -0.15) is 18.3 Å². The van der Waals surface area contributed by atoms with E-state index in [9.17, 15) is 22.8 Å². The van der Waals surface area contributed by atoms with Crippen LogP contribution in [-0.2, 0) is 18.0 Å². The van der Waals surface area contributed by atoms with Gasteiger partial charge in [0.05, 0.1) is 16.5 Å². The minimum atomic E-state index is -4.47. The number of fused-ring (bicyclic) bond motifs is 3. The topological polar surface area (TPSA) is 68.9 Å². The van der Waals surface area contributed by atoms with Gasteiger partial charge in [0, 0.05) is 36.9 Å². The van der Waals surface area contributed by atoms with Crippen LogP contribution in [0.5, 0.6) is 0 Å². The van der Waals surface area contributed by atoms with Crippen LogP contribution < -0.4 is 10.9 Å². The predicted octanol–water partition coefficient (Wildman–Crippen LogP) is 3.85. The van der Waals surface area contributed by atoms with E-state index in [1.165, 1.54) is 28.3 Å². The molecule has 0 radical (unpaired) electrons. The normalized spacial score (nSPS) is 11.9. The fourth-order valence-corrected chi connectivity index (χ4v) is 3.33. The van der Waals surface area contributed by atoms with Crippen LogP contribution in [0.4, 0.5) is 18.9 Å². The summed E-state index contributed by atoms with van der Waals surface area (Å²) in [6, 6.07) is 9.33.